The van der Waals surface area contributed by atoms with Crippen LogP contribution in [-0.2, 0) is 10.8 Å². The van der Waals surface area contributed by atoms with Crippen LogP contribution in [0.2, 0.25) is 0 Å². The van der Waals surface area contributed by atoms with Gasteiger partial charge in [-0.1, -0.05) is 190 Å². The number of nitrogens with zero attached hydrogens (tertiary/aromatic N) is 1. The molecule has 0 aromatic heterocycles. The maximum Gasteiger partial charge on any atom is 0.0746 e. The fraction of sp³-hybridized carbons (Fsp3) is 0.103. The summed E-state index contributed by atoms with van der Waals surface area (Å²) in [5.41, 5.74) is 24.3. The summed E-state index contributed by atoms with van der Waals surface area (Å²) in [5.74, 6) is 0. The van der Waals surface area contributed by atoms with E-state index in [0.29, 0.717) is 0 Å². The molecule has 4 aliphatic rings. The minimum atomic E-state index is -0.531. The van der Waals surface area contributed by atoms with E-state index in [4.69, 9.17) is 0 Å². The van der Waals surface area contributed by atoms with Gasteiger partial charge in [0.15, 0.2) is 0 Å². The van der Waals surface area contributed by atoms with Crippen molar-refractivity contribution in [3.05, 3.63) is 245 Å². The van der Waals surface area contributed by atoms with Crippen LogP contribution >= 0.6 is 0 Å². The number of benzene rings is 8. The van der Waals surface area contributed by atoms with Gasteiger partial charge in [0.25, 0.3) is 0 Å². The van der Waals surface area contributed by atoms with Crippen LogP contribution in [0.5, 0.6) is 0 Å². The first-order valence-corrected chi connectivity index (χ1v) is 21.1. The second kappa shape index (κ2) is 12.8. The fourth-order valence-corrected chi connectivity index (χ4v) is 11.3. The van der Waals surface area contributed by atoms with Gasteiger partial charge in [0, 0.05) is 22.4 Å². The quantitative estimate of drug-likeness (QED) is 0.169. The lowest BCUT2D eigenvalue weighted by atomic mass is 9.69. The summed E-state index contributed by atoms with van der Waals surface area (Å²) in [5, 5.41) is 0. The van der Waals surface area contributed by atoms with Gasteiger partial charge >= 0.3 is 0 Å². The molecule has 0 saturated carbocycles. The monoisotopic (exact) mass is 753 g/mol. The van der Waals surface area contributed by atoms with E-state index in [1.807, 2.05) is 0 Å². The molecule has 1 unspecified atom stereocenters. The Balaban J connectivity index is 1.17. The molecule has 1 heteroatoms. The highest BCUT2D eigenvalue weighted by atomic mass is 15.2. The lowest BCUT2D eigenvalue weighted by Gasteiger charge is -2.37. The molecule has 0 N–H and O–H groups in total. The van der Waals surface area contributed by atoms with Crippen molar-refractivity contribution in [2.24, 2.45) is 0 Å². The summed E-state index contributed by atoms with van der Waals surface area (Å²) in [7, 11) is 0. The molecule has 1 nitrogen and oxygen atoms in total. The molecule has 1 atom stereocenters. The van der Waals surface area contributed by atoms with Crippen molar-refractivity contribution in [1.29, 1.82) is 0 Å². The normalized spacial score (nSPS) is 17.3. The molecule has 0 heterocycles. The zero-order valence-corrected chi connectivity index (χ0v) is 33.4. The maximum absolute atomic E-state index is 2.64. The predicted octanol–water partition coefficient (Wildman–Crippen LogP) is 14.9. The minimum Gasteiger partial charge on any atom is -0.314 e. The molecule has 8 aromatic carbocycles. The summed E-state index contributed by atoms with van der Waals surface area (Å²) < 4.78 is 0. The first-order valence-electron chi connectivity index (χ1n) is 21.1. The van der Waals surface area contributed by atoms with E-state index in [2.05, 4.69) is 219 Å². The average molecular weight is 754 g/mol. The molecule has 0 radical (unpaired) electrons. The second-order valence-electron chi connectivity index (χ2n) is 17.1. The Bertz CT molecular complexity index is 3070. The molecular formula is C58H43N. The number of hydrogen-bond acceptors (Lipinski definition) is 1. The highest BCUT2D eigenvalue weighted by Gasteiger charge is 2.54. The van der Waals surface area contributed by atoms with Gasteiger partial charge < -0.3 is 4.90 Å². The van der Waals surface area contributed by atoms with Gasteiger partial charge in [-0.15, -0.1) is 0 Å². The summed E-state index contributed by atoms with van der Waals surface area (Å²) in [6, 6.07) is 70.7. The van der Waals surface area contributed by atoms with Gasteiger partial charge in [0.1, 0.15) is 0 Å². The summed E-state index contributed by atoms with van der Waals surface area (Å²) in [6.07, 6.45) is 6.79. The second-order valence-corrected chi connectivity index (χ2v) is 17.1. The summed E-state index contributed by atoms with van der Waals surface area (Å²) >= 11 is 0. The van der Waals surface area contributed by atoms with E-state index < -0.39 is 5.41 Å². The Morgan fingerprint density at radius 1 is 0.441 bits per heavy atom. The summed E-state index contributed by atoms with van der Waals surface area (Å²) in [6.45, 7) is 4.79. The van der Waals surface area contributed by atoms with Crippen molar-refractivity contribution in [1.82, 2.24) is 0 Å². The van der Waals surface area contributed by atoms with E-state index in [-0.39, 0.29) is 5.41 Å². The Labute approximate surface area is 347 Å². The van der Waals surface area contributed by atoms with Crippen molar-refractivity contribution in [2.75, 3.05) is 4.90 Å². The summed E-state index contributed by atoms with van der Waals surface area (Å²) in [4.78, 5) is 2.64. The number of fused-ring (bicyclic) bond motifs is 13. The van der Waals surface area contributed by atoms with Crippen molar-refractivity contribution in [3.63, 3.8) is 0 Å². The number of allylic oxidation sites excluding steroid dienone is 4. The molecular weight excluding hydrogens is 711 g/mol. The van der Waals surface area contributed by atoms with Gasteiger partial charge in [0.05, 0.1) is 11.1 Å². The largest absolute Gasteiger partial charge is 0.314 e. The number of hydrogen-bond donors (Lipinski definition) is 0. The molecule has 12 rings (SSSR count). The van der Waals surface area contributed by atoms with Gasteiger partial charge in [-0.05, 0) is 121 Å². The Hall–Kier alpha value is -6.96. The average Bonchev–Trinajstić information content (AvgIpc) is 3.86. The van der Waals surface area contributed by atoms with Crippen LogP contribution < -0.4 is 4.90 Å². The van der Waals surface area contributed by atoms with E-state index in [1.54, 1.807) is 0 Å². The van der Waals surface area contributed by atoms with Crippen LogP contribution in [-0.4, -0.2) is 0 Å². The minimum absolute atomic E-state index is 0.128. The molecule has 8 aromatic rings. The zero-order chi connectivity index (χ0) is 39.3. The van der Waals surface area contributed by atoms with E-state index in [1.165, 1.54) is 106 Å². The van der Waals surface area contributed by atoms with E-state index in [0.717, 1.165) is 12.8 Å². The number of anilines is 2. The Morgan fingerprint density at radius 2 is 1.00 bits per heavy atom. The van der Waals surface area contributed by atoms with Crippen LogP contribution in [0.3, 0.4) is 0 Å². The Morgan fingerprint density at radius 3 is 1.76 bits per heavy atom. The molecule has 1 spiro atoms. The van der Waals surface area contributed by atoms with Gasteiger partial charge in [0.2, 0.25) is 0 Å². The highest BCUT2D eigenvalue weighted by molar-refractivity contribution is 6.02. The first kappa shape index (κ1) is 34.1. The van der Waals surface area contributed by atoms with Gasteiger partial charge in [-0.3, -0.25) is 0 Å². The third-order valence-electron chi connectivity index (χ3n) is 13.7. The van der Waals surface area contributed by atoms with Gasteiger partial charge in [-0.25, -0.2) is 0 Å². The van der Waals surface area contributed by atoms with Crippen molar-refractivity contribution < 1.29 is 0 Å². The van der Waals surface area contributed by atoms with Crippen molar-refractivity contribution in [2.45, 2.75) is 37.5 Å². The molecule has 0 fully saturated rings. The van der Waals surface area contributed by atoms with Crippen molar-refractivity contribution in [3.8, 4) is 44.5 Å². The molecule has 4 aliphatic carbocycles. The molecule has 0 saturated heterocycles. The fourth-order valence-electron chi connectivity index (χ4n) is 11.3. The molecule has 59 heavy (non-hydrogen) atoms. The van der Waals surface area contributed by atoms with Crippen molar-refractivity contribution >= 4 is 16.9 Å². The smallest absolute Gasteiger partial charge is 0.0746 e. The molecule has 0 amide bonds. The SMILES string of the molecule is CC1(C)c2ccccc2-c2ccc(N(C3=CC(c4ccccc4)=CCC3)c3cccc4c3C3(c5ccccc5-4)c4ccccc4-c4c(-c5ccccc5)cccc43)cc21. The highest BCUT2D eigenvalue weighted by Crippen LogP contribution is 2.66. The van der Waals surface area contributed by atoms with E-state index in [9.17, 15) is 0 Å². The third-order valence-corrected chi connectivity index (χ3v) is 13.7. The predicted molar refractivity (Wildman–Crippen MR) is 246 cm³/mol. The van der Waals surface area contributed by atoms with Crippen LogP contribution in [0.1, 0.15) is 65.6 Å². The molecule has 280 valence electrons. The lowest BCUT2D eigenvalue weighted by Crippen LogP contribution is -2.29. The number of rotatable bonds is 5. The molecule has 0 aliphatic heterocycles. The molecule has 0 bridgehead atoms. The van der Waals surface area contributed by atoms with E-state index >= 15 is 0 Å². The standard InChI is InChI=1S/C58H43N/c1-57(2)49-29-12-9-24-44(49)46-35-34-42(37-53(46)57)59(41-23-15-22-40(36-41)38-18-5-3-6-19-38)54-33-17-28-47-45-25-10-13-30-50(45)58(56(47)54)51-31-14-11-26-48(51)55-43(27-16-32-52(55)58)39-20-7-4-8-21-39/h3-14,16-22,24-37H,15,23H2,1-2H3. The first-order chi connectivity index (χ1) is 29.0. The lowest BCUT2D eigenvalue weighted by molar-refractivity contribution is 0.660. The zero-order valence-electron chi connectivity index (χ0n) is 33.4. The third kappa shape index (κ3) is 4.73. The van der Waals surface area contributed by atoms with Crippen LogP contribution in [0, 0.1) is 0 Å². The maximum atomic E-state index is 2.64. The topological polar surface area (TPSA) is 3.24 Å². The van der Waals surface area contributed by atoms with Gasteiger partial charge in [-0.2, -0.15) is 0 Å². The van der Waals surface area contributed by atoms with Crippen LogP contribution in [0.15, 0.2) is 206 Å². The van der Waals surface area contributed by atoms with Crippen LogP contribution in [0.4, 0.5) is 11.4 Å². The van der Waals surface area contributed by atoms with Crippen LogP contribution in [0.25, 0.3) is 50.1 Å². The Kier molecular flexibility index (Phi) is 7.38.